The van der Waals surface area contributed by atoms with Crippen molar-refractivity contribution in [1.29, 1.82) is 0 Å². The number of fused-ring (bicyclic) bond motifs is 1. The van der Waals surface area contributed by atoms with Gasteiger partial charge in [-0.25, -0.2) is 8.42 Å². The standard InChI is InChI=1S/C16H23N3O5S/c1-17-12-16(20)18-5-2-6-19(8-7-18)25(21,22)13-3-4-14-15(11-13)24-10-9-23-14/h3-4,11,17H,2,5-10,12H2,1H3. The van der Waals surface area contributed by atoms with Gasteiger partial charge in [-0.2, -0.15) is 4.31 Å². The van der Waals surface area contributed by atoms with E-state index in [0.717, 1.165) is 0 Å². The van der Waals surface area contributed by atoms with Crippen molar-refractivity contribution >= 4 is 15.9 Å². The summed E-state index contributed by atoms with van der Waals surface area (Å²) in [4.78, 5) is 13.9. The van der Waals surface area contributed by atoms with Gasteiger partial charge < -0.3 is 19.7 Å². The quantitative estimate of drug-likeness (QED) is 0.797. The van der Waals surface area contributed by atoms with Crippen LogP contribution in [0.5, 0.6) is 11.5 Å². The van der Waals surface area contributed by atoms with Crippen LogP contribution in [0.25, 0.3) is 0 Å². The first-order valence-corrected chi connectivity index (χ1v) is 9.78. The predicted molar refractivity (Wildman–Crippen MR) is 91.3 cm³/mol. The number of benzene rings is 1. The van der Waals surface area contributed by atoms with Gasteiger partial charge in [0, 0.05) is 32.2 Å². The highest BCUT2D eigenvalue weighted by molar-refractivity contribution is 7.89. The molecule has 0 radical (unpaired) electrons. The molecular weight excluding hydrogens is 346 g/mol. The summed E-state index contributed by atoms with van der Waals surface area (Å²) in [6, 6.07) is 4.68. The molecule has 1 aromatic carbocycles. The van der Waals surface area contributed by atoms with Gasteiger partial charge in [-0.05, 0) is 25.6 Å². The van der Waals surface area contributed by atoms with Gasteiger partial charge in [0.05, 0.1) is 11.4 Å². The van der Waals surface area contributed by atoms with E-state index in [4.69, 9.17) is 9.47 Å². The van der Waals surface area contributed by atoms with Crippen LogP contribution >= 0.6 is 0 Å². The number of sulfonamides is 1. The van der Waals surface area contributed by atoms with Crippen molar-refractivity contribution in [3.8, 4) is 11.5 Å². The first-order valence-electron chi connectivity index (χ1n) is 8.34. The zero-order valence-corrected chi connectivity index (χ0v) is 15.0. The summed E-state index contributed by atoms with van der Waals surface area (Å²) in [6.07, 6.45) is 0.610. The van der Waals surface area contributed by atoms with Gasteiger partial charge in [0.2, 0.25) is 15.9 Å². The Bertz CT molecular complexity index is 737. The Morgan fingerprint density at radius 2 is 1.88 bits per heavy atom. The molecule has 0 saturated carbocycles. The topological polar surface area (TPSA) is 88.2 Å². The van der Waals surface area contributed by atoms with Gasteiger partial charge in [0.25, 0.3) is 0 Å². The lowest BCUT2D eigenvalue weighted by Crippen LogP contribution is -2.40. The Balaban J connectivity index is 1.75. The maximum absolute atomic E-state index is 12.9. The van der Waals surface area contributed by atoms with Crippen molar-refractivity contribution in [2.24, 2.45) is 0 Å². The molecule has 0 bridgehead atoms. The SMILES string of the molecule is CNCC(=O)N1CCCN(S(=O)(=O)c2ccc3c(c2)OCCO3)CC1. The minimum absolute atomic E-state index is 0.0129. The highest BCUT2D eigenvalue weighted by Gasteiger charge is 2.29. The first kappa shape index (κ1) is 18.0. The summed E-state index contributed by atoms with van der Waals surface area (Å²) in [7, 11) is -1.92. The number of carbonyl (C=O) groups is 1. The molecule has 1 amide bonds. The molecule has 0 aliphatic carbocycles. The number of rotatable bonds is 4. The smallest absolute Gasteiger partial charge is 0.243 e. The first-order chi connectivity index (χ1) is 12.0. The van der Waals surface area contributed by atoms with Gasteiger partial charge in [-0.3, -0.25) is 4.79 Å². The van der Waals surface area contributed by atoms with Crippen LogP contribution in [0.3, 0.4) is 0 Å². The Morgan fingerprint density at radius 1 is 1.12 bits per heavy atom. The average molecular weight is 369 g/mol. The van der Waals surface area contributed by atoms with E-state index >= 15 is 0 Å². The fraction of sp³-hybridized carbons (Fsp3) is 0.562. The molecule has 2 aliphatic heterocycles. The van der Waals surface area contributed by atoms with Crippen LogP contribution in [0.1, 0.15) is 6.42 Å². The molecular formula is C16H23N3O5S. The van der Waals surface area contributed by atoms with E-state index in [1.165, 1.54) is 16.4 Å². The fourth-order valence-corrected chi connectivity index (χ4v) is 4.47. The molecule has 1 N–H and O–H groups in total. The molecule has 3 rings (SSSR count). The summed E-state index contributed by atoms with van der Waals surface area (Å²) in [6.45, 7) is 2.75. The van der Waals surface area contributed by atoms with Crippen molar-refractivity contribution in [3.63, 3.8) is 0 Å². The van der Waals surface area contributed by atoms with Crippen LogP contribution < -0.4 is 14.8 Å². The number of nitrogens with one attached hydrogen (secondary N) is 1. The molecule has 1 saturated heterocycles. The van der Waals surface area contributed by atoms with Crippen LogP contribution in [-0.2, 0) is 14.8 Å². The van der Waals surface area contributed by atoms with E-state index in [1.54, 1.807) is 18.0 Å². The number of hydrogen-bond donors (Lipinski definition) is 1. The van der Waals surface area contributed by atoms with Crippen LogP contribution in [0.4, 0.5) is 0 Å². The van der Waals surface area contributed by atoms with E-state index in [-0.39, 0.29) is 23.9 Å². The third-order valence-electron chi connectivity index (χ3n) is 4.29. The van der Waals surface area contributed by atoms with Gasteiger partial charge in [0.15, 0.2) is 11.5 Å². The number of amides is 1. The summed E-state index contributed by atoms with van der Waals surface area (Å²) in [5, 5.41) is 2.83. The molecule has 1 aromatic rings. The van der Waals surface area contributed by atoms with Crippen molar-refractivity contribution < 1.29 is 22.7 Å². The second-order valence-corrected chi connectivity index (χ2v) is 7.91. The monoisotopic (exact) mass is 369 g/mol. The maximum atomic E-state index is 12.9. The largest absolute Gasteiger partial charge is 0.486 e. The summed E-state index contributed by atoms with van der Waals surface area (Å²) < 4.78 is 38.2. The van der Waals surface area contributed by atoms with Gasteiger partial charge in [-0.15, -0.1) is 0 Å². The molecule has 2 heterocycles. The number of carbonyl (C=O) groups excluding carboxylic acids is 1. The lowest BCUT2D eigenvalue weighted by atomic mass is 10.3. The van der Waals surface area contributed by atoms with Crippen molar-refractivity contribution in [1.82, 2.24) is 14.5 Å². The summed E-state index contributed by atoms with van der Waals surface area (Å²) in [5.74, 6) is 0.999. The number of hydrogen-bond acceptors (Lipinski definition) is 6. The average Bonchev–Trinajstić information content (AvgIpc) is 2.88. The normalized spacial score (nSPS) is 18.7. The Hall–Kier alpha value is -1.84. The fourth-order valence-electron chi connectivity index (χ4n) is 2.98. The second kappa shape index (κ2) is 7.59. The van der Waals surface area contributed by atoms with E-state index in [9.17, 15) is 13.2 Å². The van der Waals surface area contributed by atoms with E-state index < -0.39 is 10.0 Å². The maximum Gasteiger partial charge on any atom is 0.243 e. The molecule has 0 unspecified atom stereocenters. The van der Waals surface area contributed by atoms with E-state index in [0.29, 0.717) is 50.8 Å². The zero-order valence-electron chi connectivity index (χ0n) is 14.2. The van der Waals surface area contributed by atoms with Crippen LogP contribution in [0.15, 0.2) is 23.1 Å². The Labute approximate surface area is 147 Å². The summed E-state index contributed by atoms with van der Waals surface area (Å²) >= 11 is 0. The van der Waals surface area contributed by atoms with Crippen molar-refractivity contribution in [2.75, 3.05) is 53.0 Å². The third kappa shape index (κ3) is 3.88. The molecule has 0 atom stereocenters. The van der Waals surface area contributed by atoms with Gasteiger partial charge in [0.1, 0.15) is 13.2 Å². The zero-order chi connectivity index (χ0) is 17.9. The molecule has 9 heteroatoms. The van der Waals surface area contributed by atoms with Gasteiger partial charge >= 0.3 is 0 Å². The summed E-state index contributed by atoms with van der Waals surface area (Å²) in [5.41, 5.74) is 0. The Kier molecular flexibility index (Phi) is 5.45. The number of nitrogens with zero attached hydrogens (tertiary/aromatic N) is 2. The molecule has 0 spiro atoms. The number of ether oxygens (including phenoxy) is 2. The second-order valence-electron chi connectivity index (χ2n) is 5.97. The molecule has 25 heavy (non-hydrogen) atoms. The molecule has 0 aromatic heterocycles. The lowest BCUT2D eigenvalue weighted by Gasteiger charge is -2.23. The highest BCUT2D eigenvalue weighted by atomic mass is 32.2. The number of likely N-dealkylation sites (N-methyl/N-ethyl adjacent to an activating group) is 1. The van der Waals surface area contributed by atoms with E-state index in [1.807, 2.05) is 0 Å². The Morgan fingerprint density at radius 3 is 2.64 bits per heavy atom. The lowest BCUT2D eigenvalue weighted by molar-refractivity contribution is -0.129. The van der Waals surface area contributed by atoms with Crippen LogP contribution in [0, 0.1) is 0 Å². The minimum Gasteiger partial charge on any atom is -0.486 e. The molecule has 8 nitrogen and oxygen atoms in total. The molecule has 1 fully saturated rings. The highest BCUT2D eigenvalue weighted by Crippen LogP contribution is 2.33. The third-order valence-corrected chi connectivity index (χ3v) is 6.18. The van der Waals surface area contributed by atoms with E-state index in [2.05, 4.69) is 5.32 Å². The molecule has 2 aliphatic rings. The molecule has 138 valence electrons. The van der Waals surface area contributed by atoms with Crippen LogP contribution in [-0.4, -0.2) is 76.5 Å². The predicted octanol–water partition coefficient (Wildman–Crippen LogP) is -0.0998. The van der Waals surface area contributed by atoms with Crippen molar-refractivity contribution in [3.05, 3.63) is 18.2 Å². The van der Waals surface area contributed by atoms with Crippen LogP contribution in [0.2, 0.25) is 0 Å². The van der Waals surface area contributed by atoms with Gasteiger partial charge in [-0.1, -0.05) is 0 Å². The minimum atomic E-state index is -3.64. The van der Waals surface area contributed by atoms with Crippen molar-refractivity contribution in [2.45, 2.75) is 11.3 Å².